The Morgan fingerprint density at radius 3 is 2.23 bits per heavy atom. The zero-order valence-corrected chi connectivity index (χ0v) is 7.96. The predicted molar refractivity (Wildman–Crippen MR) is 53.5 cm³/mol. The molecule has 5 nitrogen and oxygen atoms in total. The number of nitrogens with zero attached hydrogens (tertiary/aromatic N) is 2. The Labute approximate surface area is 77.6 Å². The highest BCUT2D eigenvalue weighted by Crippen LogP contribution is 2.16. The van der Waals surface area contributed by atoms with Crippen LogP contribution >= 0.6 is 0 Å². The molecule has 0 aliphatic rings. The van der Waals surface area contributed by atoms with Gasteiger partial charge in [0, 0.05) is 13.1 Å². The quantitative estimate of drug-likeness (QED) is 0.613. The summed E-state index contributed by atoms with van der Waals surface area (Å²) in [6.07, 6.45) is 0. The number of hydrogen-bond donors (Lipinski definition) is 3. The van der Waals surface area contributed by atoms with Gasteiger partial charge in [-0.1, -0.05) is 0 Å². The third-order valence-corrected chi connectivity index (χ3v) is 1.73. The van der Waals surface area contributed by atoms with Crippen molar-refractivity contribution in [1.29, 1.82) is 0 Å². The van der Waals surface area contributed by atoms with Crippen LogP contribution in [-0.4, -0.2) is 23.1 Å². The van der Waals surface area contributed by atoms with Crippen molar-refractivity contribution in [3.8, 4) is 0 Å². The van der Waals surface area contributed by atoms with E-state index < -0.39 is 0 Å². The molecule has 0 aromatic carbocycles. The molecule has 5 N–H and O–H groups in total. The van der Waals surface area contributed by atoms with Gasteiger partial charge in [0.1, 0.15) is 0 Å². The summed E-state index contributed by atoms with van der Waals surface area (Å²) in [5.41, 5.74) is 13.5. The number of nitrogen functional groups attached to an aromatic ring is 1. The molecule has 0 saturated heterocycles. The minimum Gasteiger partial charge on any atom is -0.381 e. The minimum atomic E-state index is 0.313. The van der Waals surface area contributed by atoms with E-state index in [-0.39, 0.29) is 0 Å². The summed E-state index contributed by atoms with van der Waals surface area (Å²) in [4.78, 5) is 8.10. The standard InChI is InChI=1S/C8H15N5/c1-5-7(11-4-3-9)6(2)13-8(10)12-5/h11H,3-4,9H2,1-2H3,(H2,10,12,13). The molecule has 72 valence electrons. The lowest BCUT2D eigenvalue weighted by molar-refractivity contribution is 0.992. The summed E-state index contributed by atoms with van der Waals surface area (Å²) in [6, 6.07) is 0. The Balaban J connectivity index is 2.92. The summed E-state index contributed by atoms with van der Waals surface area (Å²) in [7, 11) is 0. The molecule has 1 aromatic heterocycles. The number of rotatable bonds is 3. The number of aryl methyl sites for hydroxylation is 2. The molecule has 0 atom stereocenters. The van der Waals surface area contributed by atoms with E-state index in [4.69, 9.17) is 11.5 Å². The van der Waals surface area contributed by atoms with Gasteiger partial charge in [0.15, 0.2) is 0 Å². The van der Waals surface area contributed by atoms with Gasteiger partial charge in [-0.15, -0.1) is 0 Å². The summed E-state index contributed by atoms with van der Waals surface area (Å²) in [5, 5.41) is 3.15. The van der Waals surface area contributed by atoms with E-state index in [0.717, 1.165) is 23.6 Å². The van der Waals surface area contributed by atoms with Crippen molar-refractivity contribution in [2.75, 3.05) is 24.1 Å². The Morgan fingerprint density at radius 1 is 1.23 bits per heavy atom. The highest BCUT2D eigenvalue weighted by Gasteiger charge is 2.04. The van der Waals surface area contributed by atoms with Crippen LogP contribution in [0.3, 0.4) is 0 Å². The van der Waals surface area contributed by atoms with E-state index in [1.54, 1.807) is 0 Å². The smallest absolute Gasteiger partial charge is 0.220 e. The summed E-state index contributed by atoms with van der Waals surface area (Å²) in [5.74, 6) is 0.313. The monoisotopic (exact) mass is 181 g/mol. The molecular weight excluding hydrogens is 166 g/mol. The first kappa shape index (κ1) is 9.73. The normalized spacial score (nSPS) is 10.1. The maximum Gasteiger partial charge on any atom is 0.220 e. The van der Waals surface area contributed by atoms with E-state index in [1.807, 2.05) is 13.8 Å². The fourth-order valence-corrected chi connectivity index (χ4v) is 1.20. The van der Waals surface area contributed by atoms with Gasteiger partial charge in [0.25, 0.3) is 0 Å². The second-order valence-corrected chi connectivity index (χ2v) is 2.84. The number of hydrogen-bond acceptors (Lipinski definition) is 5. The average molecular weight is 181 g/mol. The van der Waals surface area contributed by atoms with Crippen molar-refractivity contribution in [2.24, 2.45) is 5.73 Å². The Kier molecular flexibility index (Phi) is 3.02. The SMILES string of the molecule is Cc1nc(N)nc(C)c1NCCN. The molecule has 1 aromatic rings. The van der Waals surface area contributed by atoms with Crippen molar-refractivity contribution in [3.05, 3.63) is 11.4 Å². The number of anilines is 2. The Hall–Kier alpha value is -1.36. The Morgan fingerprint density at radius 2 is 1.77 bits per heavy atom. The van der Waals surface area contributed by atoms with E-state index in [0.29, 0.717) is 12.5 Å². The second-order valence-electron chi connectivity index (χ2n) is 2.84. The zero-order valence-electron chi connectivity index (χ0n) is 7.96. The lowest BCUT2D eigenvalue weighted by Gasteiger charge is -2.10. The van der Waals surface area contributed by atoms with Crippen LogP contribution in [0.5, 0.6) is 0 Å². The molecule has 0 unspecified atom stereocenters. The summed E-state index contributed by atoms with van der Waals surface area (Å²) >= 11 is 0. The van der Waals surface area contributed by atoms with Gasteiger partial charge >= 0.3 is 0 Å². The first-order chi connectivity index (χ1) is 6.15. The molecule has 13 heavy (non-hydrogen) atoms. The molecule has 5 heteroatoms. The molecule has 0 aliphatic carbocycles. The molecule has 1 rings (SSSR count). The first-order valence-electron chi connectivity index (χ1n) is 4.19. The third kappa shape index (κ3) is 2.29. The van der Waals surface area contributed by atoms with Gasteiger partial charge < -0.3 is 16.8 Å². The largest absolute Gasteiger partial charge is 0.381 e. The van der Waals surface area contributed by atoms with Crippen LogP contribution in [-0.2, 0) is 0 Å². The number of aromatic nitrogens is 2. The minimum absolute atomic E-state index is 0.313. The van der Waals surface area contributed by atoms with Crippen molar-refractivity contribution in [2.45, 2.75) is 13.8 Å². The van der Waals surface area contributed by atoms with Crippen LogP contribution in [0.4, 0.5) is 11.6 Å². The van der Waals surface area contributed by atoms with Crippen molar-refractivity contribution < 1.29 is 0 Å². The van der Waals surface area contributed by atoms with E-state index >= 15 is 0 Å². The van der Waals surface area contributed by atoms with Gasteiger partial charge in [0.2, 0.25) is 5.95 Å². The molecule has 0 saturated carbocycles. The average Bonchev–Trinajstić information content (AvgIpc) is 2.02. The Bertz CT molecular complexity index is 274. The lowest BCUT2D eigenvalue weighted by Crippen LogP contribution is -2.15. The number of nitrogens with two attached hydrogens (primary N) is 2. The first-order valence-corrected chi connectivity index (χ1v) is 4.19. The van der Waals surface area contributed by atoms with Gasteiger partial charge in [-0.25, -0.2) is 9.97 Å². The van der Waals surface area contributed by atoms with Crippen LogP contribution < -0.4 is 16.8 Å². The molecule has 0 fully saturated rings. The maximum atomic E-state index is 5.48. The molecular formula is C8H15N5. The van der Waals surface area contributed by atoms with Gasteiger partial charge in [0.05, 0.1) is 17.1 Å². The van der Waals surface area contributed by atoms with Gasteiger partial charge in [-0.2, -0.15) is 0 Å². The fraction of sp³-hybridized carbons (Fsp3) is 0.500. The predicted octanol–water partition coefficient (Wildman–Crippen LogP) is 0.0462. The molecule has 0 amide bonds. The van der Waals surface area contributed by atoms with Crippen LogP contribution in [0.2, 0.25) is 0 Å². The molecule has 0 aliphatic heterocycles. The van der Waals surface area contributed by atoms with E-state index in [9.17, 15) is 0 Å². The molecule has 1 heterocycles. The molecule has 0 bridgehead atoms. The van der Waals surface area contributed by atoms with Crippen LogP contribution in [0.25, 0.3) is 0 Å². The van der Waals surface area contributed by atoms with Crippen molar-refractivity contribution in [3.63, 3.8) is 0 Å². The van der Waals surface area contributed by atoms with E-state index in [2.05, 4.69) is 15.3 Å². The summed E-state index contributed by atoms with van der Waals surface area (Å²) < 4.78 is 0. The topological polar surface area (TPSA) is 89.8 Å². The molecule has 0 spiro atoms. The molecule has 0 radical (unpaired) electrons. The highest BCUT2D eigenvalue weighted by molar-refractivity contribution is 5.53. The van der Waals surface area contributed by atoms with Crippen molar-refractivity contribution in [1.82, 2.24) is 9.97 Å². The lowest BCUT2D eigenvalue weighted by atomic mass is 10.3. The zero-order chi connectivity index (χ0) is 9.84. The number of nitrogens with one attached hydrogen (secondary N) is 1. The van der Waals surface area contributed by atoms with Gasteiger partial charge in [-0.05, 0) is 13.8 Å². The maximum absolute atomic E-state index is 5.48. The highest BCUT2D eigenvalue weighted by atomic mass is 15.0. The fourth-order valence-electron chi connectivity index (χ4n) is 1.20. The van der Waals surface area contributed by atoms with Gasteiger partial charge in [-0.3, -0.25) is 0 Å². The third-order valence-electron chi connectivity index (χ3n) is 1.73. The van der Waals surface area contributed by atoms with Crippen LogP contribution in [0.1, 0.15) is 11.4 Å². The van der Waals surface area contributed by atoms with Crippen LogP contribution in [0.15, 0.2) is 0 Å². The summed E-state index contributed by atoms with van der Waals surface area (Å²) in [6.45, 7) is 5.09. The van der Waals surface area contributed by atoms with E-state index in [1.165, 1.54) is 0 Å². The van der Waals surface area contributed by atoms with Crippen molar-refractivity contribution >= 4 is 11.6 Å². The van der Waals surface area contributed by atoms with Crippen LogP contribution in [0, 0.1) is 13.8 Å². The second kappa shape index (κ2) is 4.04.